The van der Waals surface area contributed by atoms with E-state index in [0.717, 1.165) is 10.8 Å². The maximum atomic E-state index is 5.91. The summed E-state index contributed by atoms with van der Waals surface area (Å²) in [6.07, 6.45) is 0. The van der Waals surface area contributed by atoms with E-state index >= 15 is 0 Å². The molecule has 0 saturated heterocycles. The van der Waals surface area contributed by atoms with E-state index in [1.807, 2.05) is 24.3 Å². The van der Waals surface area contributed by atoms with E-state index in [-0.39, 0.29) is 12.1 Å². The molecule has 2 nitrogen and oxygen atoms in total. The van der Waals surface area contributed by atoms with Crippen molar-refractivity contribution in [2.75, 3.05) is 7.11 Å². The summed E-state index contributed by atoms with van der Waals surface area (Å²) in [5.41, 5.74) is 2.47. The van der Waals surface area contributed by atoms with Gasteiger partial charge in [-0.1, -0.05) is 35.9 Å². The minimum Gasteiger partial charge on any atom is -0.497 e. The first-order chi connectivity index (χ1) is 9.60. The molecule has 2 rings (SSSR count). The van der Waals surface area contributed by atoms with Crippen LogP contribution in [-0.2, 0) is 0 Å². The zero-order valence-corrected chi connectivity index (χ0v) is 12.8. The summed E-state index contributed by atoms with van der Waals surface area (Å²) in [7, 11) is 1.68. The summed E-state index contributed by atoms with van der Waals surface area (Å²) in [5.74, 6) is 0.881. The predicted molar refractivity (Wildman–Crippen MR) is 84.4 cm³/mol. The molecular formula is C17H20ClNO. The van der Waals surface area contributed by atoms with E-state index in [4.69, 9.17) is 16.3 Å². The first kappa shape index (κ1) is 14.9. The van der Waals surface area contributed by atoms with Gasteiger partial charge in [0.1, 0.15) is 5.75 Å². The molecule has 0 heterocycles. The number of hydrogen-bond acceptors (Lipinski definition) is 2. The monoisotopic (exact) mass is 289 g/mol. The summed E-state index contributed by atoms with van der Waals surface area (Å²) in [5, 5.41) is 4.35. The number of ether oxygens (including phenoxy) is 1. The van der Waals surface area contributed by atoms with Gasteiger partial charge in [0.25, 0.3) is 0 Å². The highest BCUT2D eigenvalue weighted by Crippen LogP contribution is 2.22. The smallest absolute Gasteiger partial charge is 0.118 e. The summed E-state index contributed by atoms with van der Waals surface area (Å²) in [4.78, 5) is 0. The number of hydrogen-bond donors (Lipinski definition) is 1. The van der Waals surface area contributed by atoms with Crippen LogP contribution in [-0.4, -0.2) is 7.11 Å². The fourth-order valence-corrected chi connectivity index (χ4v) is 2.34. The van der Waals surface area contributed by atoms with Crippen LogP contribution in [0.3, 0.4) is 0 Å². The SMILES string of the molecule is COc1ccc(C(C)N[C@@H](C)c2ccc(Cl)cc2)cc1. The van der Waals surface area contributed by atoms with Crippen molar-refractivity contribution in [3.05, 3.63) is 64.7 Å². The Bertz CT molecular complexity index is 536. The van der Waals surface area contributed by atoms with Crippen LogP contribution < -0.4 is 10.1 Å². The molecule has 3 heteroatoms. The Kier molecular flexibility index (Phi) is 5.05. The molecule has 0 aliphatic rings. The predicted octanol–water partition coefficient (Wildman–Crippen LogP) is 4.76. The van der Waals surface area contributed by atoms with E-state index in [2.05, 4.69) is 43.4 Å². The van der Waals surface area contributed by atoms with Gasteiger partial charge in [-0.05, 0) is 49.2 Å². The van der Waals surface area contributed by atoms with Crippen molar-refractivity contribution < 1.29 is 4.74 Å². The van der Waals surface area contributed by atoms with Crippen molar-refractivity contribution in [3.63, 3.8) is 0 Å². The number of methoxy groups -OCH3 is 1. The molecule has 106 valence electrons. The quantitative estimate of drug-likeness (QED) is 0.857. The third-order valence-corrected chi connectivity index (χ3v) is 3.74. The van der Waals surface area contributed by atoms with Crippen LogP contribution in [0.1, 0.15) is 37.1 Å². The standard InChI is InChI=1S/C17H20ClNO/c1-12(14-4-8-16(18)9-5-14)19-13(2)15-6-10-17(20-3)11-7-15/h4-13,19H,1-3H3/t12-,13?/m0/s1. The molecule has 2 aromatic rings. The van der Waals surface area contributed by atoms with Gasteiger partial charge in [-0.25, -0.2) is 0 Å². The molecule has 0 aliphatic heterocycles. The van der Waals surface area contributed by atoms with Gasteiger partial charge in [0, 0.05) is 17.1 Å². The highest BCUT2D eigenvalue weighted by atomic mass is 35.5. The lowest BCUT2D eigenvalue weighted by Crippen LogP contribution is -2.22. The van der Waals surface area contributed by atoms with Crippen molar-refractivity contribution in [3.8, 4) is 5.75 Å². The average Bonchev–Trinajstić information content (AvgIpc) is 2.48. The topological polar surface area (TPSA) is 21.3 Å². The summed E-state index contributed by atoms with van der Waals surface area (Å²) in [6, 6.07) is 16.6. The molecule has 0 fully saturated rings. The van der Waals surface area contributed by atoms with Gasteiger partial charge in [-0.3, -0.25) is 0 Å². The maximum absolute atomic E-state index is 5.91. The van der Waals surface area contributed by atoms with E-state index in [9.17, 15) is 0 Å². The van der Waals surface area contributed by atoms with Gasteiger partial charge in [-0.2, -0.15) is 0 Å². The third-order valence-electron chi connectivity index (χ3n) is 3.49. The van der Waals surface area contributed by atoms with E-state index < -0.39 is 0 Å². The second-order valence-electron chi connectivity index (χ2n) is 4.93. The van der Waals surface area contributed by atoms with Crippen LogP contribution in [0.25, 0.3) is 0 Å². The minimum atomic E-state index is 0.268. The minimum absolute atomic E-state index is 0.268. The zero-order valence-electron chi connectivity index (χ0n) is 12.1. The fourth-order valence-electron chi connectivity index (χ4n) is 2.21. The van der Waals surface area contributed by atoms with E-state index in [0.29, 0.717) is 0 Å². The Morgan fingerprint density at radius 1 is 0.850 bits per heavy atom. The first-order valence-corrected chi connectivity index (χ1v) is 7.13. The molecule has 0 saturated carbocycles. The highest BCUT2D eigenvalue weighted by Gasteiger charge is 2.11. The van der Waals surface area contributed by atoms with E-state index in [1.54, 1.807) is 7.11 Å². The zero-order chi connectivity index (χ0) is 14.5. The van der Waals surface area contributed by atoms with Crippen molar-refractivity contribution in [2.24, 2.45) is 0 Å². The lowest BCUT2D eigenvalue weighted by atomic mass is 10.0. The van der Waals surface area contributed by atoms with Crippen LogP contribution in [0.4, 0.5) is 0 Å². The average molecular weight is 290 g/mol. The Balaban J connectivity index is 2.02. The van der Waals surface area contributed by atoms with Gasteiger partial charge in [0.2, 0.25) is 0 Å². The van der Waals surface area contributed by atoms with E-state index in [1.165, 1.54) is 11.1 Å². The van der Waals surface area contributed by atoms with Crippen molar-refractivity contribution in [1.29, 1.82) is 0 Å². The molecule has 0 aliphatic carbocycles. The second kappa shape index (κ2) is 6.78. The highest BCUT2D eigenvalue weighted by molar-refractivity contribution is 6.30. The van der Waals surface area contributed by atoms with Crippen molar-refractivity contribution in [1.82, 2.24) is 5.32 Å². The summed E-state index contributed by atoms with van der Waals surface area (Å²) < 4.78 is 5.18. The van der Waals surface area contributed by atoms with Gasteiger partial charge in [0.05, 0.1) is 7.11 Å². The molecule has 2 atom stereocenters. The number of rotatable bonds is 5. The van der Waals surface area contributed by atoms with Crippen LogP contribution in [0, 0.1) is 0 Å². The van der Waals surface area contributed by atoms with Crippen LogP contribution >= 0.6 is 11.6 Å². The third kappa shape index (κ3) is 3.75. The van der Waals surface area contributed by atoms with Crippen molar-refractivity contribution in [2.45, 2.75) is 25.9 Å². The Morgan fingerprint density at radius 2 is 1.30 bits per heavy atom. The molecule has 1 unspecified atom stereocenters. The lowest BCUT2D eigenvalue weighted by molar-refractivity contribution is 0.414. The largest absolute Gasteiger partial charge is 0.497 e. The molecule has 0 radical (unpaired) electrons. The van der Waals surface area contributed by atoms with Crippen molar-refractivity contribution >= 4 is 11.6 Å². The molecule has 2 aromatic carbocycles. The molecule has 0 amide bonds. The number of nitrogens with one attached hydrogen (secondary N) is 1. The molecule has 20 heavy (non-hydrogen) atoms. The summed E-state index contributed by atoms with van der Waals surface area (Å²) in [6.45, 7) is 4.32. The molecule has 0 spiro atoms. The number of halogens is 1. The normalized spacial score (nSPS) is 13.8. The Labute approximate surface area is 125 Å². The molecule has 0 bridgehead atoms. The molecule has 0 aromatic heterocycles. The second-order valence-corrected chi connectivity index (χ2v) is 5.37. The van der Waals surface area contributed by atoms with Crippen LogP contribution in [0.5, 0.6) is 5.75 Å². The molecular weight excluding hydrogens is 270 g/mol. The van der Waals surface area contributed by atoms with Gasteiger partial charge in [-0.15, -0.1) is 0 Å². The first-order valence-electron chi connectivity index (χ1n) is 6.75. The fraction of sp³-hybridized carbons (Fsp3) is 0.294. The Morgan fingerprint density at radius 3 is 1.75 bits per heavy atom. The van der Waals surface area contributed by atoms with Crippen LogP contribution in [0.2, 0.25) is 5.02 Å². The Hall–Kier alpha value is -1.51. The van der Waals surface area contributed by atoms with Gasteiger partial charge in [0.15, 0.2) is 0 Å². The lowest BCUT2D eigenvalue weighted by Gasteiger charge is -2.21. The van der Waals surface area contributed by atoms with Crippen LogP contribution in [0.15, 0.2) is 48.5 Å². The van der Waals surface area contributed by atoms with Gasteiger partial charge < -0.3 is 10.1 Å². The summed E-state index contributed by atoms with van der Waals surface area (Å²) >= 11 is 5.91. The maximum Gasteiger partial charge on any atom is 0.118 e. The molecule has 1 N–H and O–H groups in total. The van der Waals surface area contributed by atoms with Gasteiger partial charge >= 0.3 is 0 Å². The number of benzene rings is 2.